The lowest BCUT2D eigenvalue weighted by atomic mass is 9.87. The summed E-state index contributed by atoms with van der Waals surface area (Å²) < 4.78 is 18.7. The number of aryl methyl sites for hydroxylation is 1. The number of hydrogen-bond acceptors (Lipinski definition) is 8. The summed E-state index contributed by atoms with van der Waals surface area (Å²) in [5.41, 5.74) is 1.85. The van der Waals surface area contributed by atoms with Gasteiger partial charge in [0.05, 0.1) is 30.0 Å². The van der Waals surface area contributed by atoms with E-state index in [9.17, 15) is 9.59 Å². The van der Waals surface area contributed by atoms with Crippen LogP contribution in [0.5, 0.6) is 5.75 Å². The van der Waals surface area contributed by atoms with E-state index in [-0.39, 0.29) is 42.8 Å². The van der Waals surface area contributed by atoms with Crippen molar-refractivity contribution < 1.29 is 23.8 Å². The van der Waals surface area contributed by atoms with Gasteiger partial charge >= 0.3 is 12.1 Å². The van der Waals surface area contributed by atoms with Gasteiger partial charge in [-0.05, 0) is 64.5 Å². The van der Waals surface area contributed by atoms with E-state index in [0.717, 1.165) is 44.9 Å². The number of carbonyl (C=O) groups is 2. The molecule has 0 aliphatic heterocycles. The molecule has 2 saturated carbocycles. The van der Waals surface area contributed by atoms with Gasteiger partial charge in [-0.1, -0.05) is 18.1 Å². The molecule has 2 heterocycles. The van der Waals surface area contributed by atoms with Crippen LogP contribution in [0.2, 0.25) is 0 Å². The maximum atomic E-state index is 12.5. The van der Waals surface area contributed by atoms with E-state index in [1.54, 1.807) is 29.9 Å². The van der Waals surface area contributed by atoms with Crippen molar-refractivity contribution in [3.05, 3.63) is 24.0 Å². The smallest absolute Gasteiger partial charge is 0.410 e. The number of pyridine rings is 1. The molecule has 1 amide bonds. The first-order valence-corrected chi connectivity index (χ1v) is 12.9. The Hall–Kier alpha value is -3.17. The van der Waals surface area contributed by atoms with Gasteiger partial charge in [0.2, 0.25) is 0 Å². The van der Waals surface area contributed by atoms with E-state index in [1.807, 2.05) is 26.0 Å². The molecule has 2 aromatic heterocycles. The van der Waals surface area contributed by atoms with E-state index < -0.39 is 0 Å². The molecule has 4 rings (SSSR count). The highest BCUT2D eigenvalue weighted by atomic mass is 16.6. The molecule has 2 fully saturated rings. The fourth-order valence-corrected chi connectivity index (χ4v) is 4.99. The lowest BCUT2D eigenvalue weighted by Crippen LogP contribution is -2.35. The van der Waals surface area contributed by atoms with Gasteiger partial charge in [-0.2, -0.15) is 0 Å². The number of esters is 1. The average Bonchev–Trinajstić information content (AvgIpc) is 3.52. The number of aromatic nitrogens is 4. The topological polar surface area (TPSA) is 109 Å². The zero-order valence-corrected chi connectivity index (χ0v) is 21.7. The molecule has 1 unspecified atom stereocenters. The van der Waals surface area contributed by atoms with Crippen LogP contribution in [0.15, 0.2) is 18.3 Å². The minimum absolute atomic E-state index is 0.0561. The van der Waals surface area contributed by atoms with Crippen LogP contribution in [0.3, 0.4) is 0 Å². The average molecular weight is 500 g/mol. The quantitative estimate of drug-likeness (QED) is 0.495. The number of nitrogens with zero attached hydrogens (tertiary/aromatic N) is 5. The van der Waals surface area contributed by atoms with Gasteiger partial charge < -0.3 is 19.1 Å². The third kappa shape index (κ3) is 6.33. The normalized spacial score (nSPS) is 20.4. The monoisotopic (exact) mass is 499 g/mol. The summed E-state index contributed by atoms with van der Waals surface area (Å²) in [6.45, 7) is 3.79. The Morgan fingerprint density at radius 3 is 2.61 bits per heavy atom. The van der Waals surface area contributed by atoms with E-state index >= 15 is 0 Å². The van der Waals surface area contributed by atoms with Crippen LogP contribution in [0, 0.1) is 5.92 Å². The van der Waals surface area contributed by atoms with Crippen LogP contribution in [0.1, 0.15) is 70.9 Å². The van der Waals surface area contributed by atoms with Crippen molar-refractivity contribution in [1.29, 1.82) is 0 Å². The first-order valence-electron chi connectivity index (χ1n) is 12.9. The molecule has 0 saturated heterocycles. The Bertz CT molecular complexity index is 1030. The first-order chi connectivity index (χ1) is 17.3. The molecule has 2 aromatic rings. The van der Waals surface area contributed by atoms with E-state index in [2.05, 4.69) is 15.3 Å². The van der Waals surface area contributed by atoms with E-state index in [4.69, 9.17) is 14.2 Å². The molecule has 10 nitrogen and oxygen atoms in total. The highest BCUT2D eigenvalue weighted by molar-refractivity contribution is 5.72. The Kier molecular flexibility index (Phi) is 8.43. The molecule has 0 radical (unpaired) electrons. The molecule has 0 bridgehead atoms. The Balaban J connectivity index is 1.35. The lowest BCUT2D eigenvalue weighted by Gasteiger charge is -2.28. The Morgan fingerprint density at radius 2 is 1.92 bits per heavy atom. The van der Waals surface area contributed by atoms with Crippen molar-refractivity contribution in [3.8, 4) is 17.1 Å². The minimum atomic E-state index is -0.339. The number of carbonyl (C=O) groups excluding carboxylic acids is 2. The molecule has 0 N–H and O–H groups in total. The van der Waals surface area contributed by atoms with Crippen molar-refractivity contribution in [3.63, 3.8) is 0 Å². The van der Waals surface area contributed by atoms with Crippen LogP contribution < -0.4 is 4.74 Å². The summed E-state index contributed by atoms with van der Waals surface area (Å²) >= 11 is 0. The second kappa shape index (κ2) is 11.7. The maximum Gasteiger partial charge on any atom is 0.410 e. The van der Waals surface area contributed by atoms with Gasteiger partial charge in [-0.25, -0.2) is 9.48 Å². The van der Waals surface area contributed by atoms with E-state index in [1.165, 1.54) is 0 Å². The third-order valence-electron chi connectivity index (χ3n) is 7.03. The fraction of sp³-hybridized carbons (Fsp3) is 0.654. The van der Waals surface area contributed by atoms with Gasteiger partial charge in [0.1, 0.15) is 23.7 Å². The number of rotatable bonds is 8. The molecule has 2 atom stereocenters. The number of amides is 1. The zero-order chi connectivity index (χ0) is 25.7. The number of hydrogen-bond donors (Lipinski definition) is 0. The summed E-state index contributed by atoms with van der Waals surface area (Å²) in [4.78, 5) is 31.0. The predicted octanol–water partition coefficient (Wildman–Crippen LogP) is 4.28. The fourth-order valence-electron chi connectivity index (χ4n) is 4.99. The molecular weight excluding hydrogens is 462 g/mol. The van der Waals surface area contributed by atoms with E-state index in [0.29, 0.717) is 29.3 Å². The zero-order valence-electron chi connectivity index (χ0n) is 21.7. The Labute approximate surface area is 212 Å². The van der Waals surface area contributed by atoms with Crippen LogP contribution in [0.25, 0.3) is 11.4 Å². The van der Waals surface area contributed by atoms with Crippen LogP contribution in [-0.4, -0.2) is 62.2 Å². The molecular formula is C26H37N5O5. The summed E-state index contributed by atoms with van der Waals surface area (Å²) in [6.07, 6.45) is 8.77. The first kappa shape index (κ1) is 25.9. The summed E-state index contributed by atoms with van der Waals surface area (Å²) in [5, 5.41) is 8.34. The third-order valence-corrected chi connectivity index (χ3v) is 7.03. The SMILES string of the molecule is CC(C)OC(=O)C1CCC[C@H](Oc2ccc(-c3nnn(C)c3COC(=O)N(C)C3CCCC3)nc2)C1. The van der Waals surface area contributed by atoms with Crippen molar-refractivity contribution >= 4 is 12.1 Å². The van der Waals surface area contributed by atoms with Gasteiger partial charge in [-0.15, -0.1) is 5.10 Å². The highest BCUT2D eigenvalue weighted by Gasteiger charge is 2.30. The second-order valence-corrected chi connectivity index (χ2v) is 10.1. The molecule has 2 aliphatic rings. The minimum Gasteiger partial charge on any atom is -0.489 e. The summed E-state index contributed by atoms with van der Waals surface area (Å²) in [5.74, 6) is 0.365. The summed E-state index contributed by atoms with van der Waals surface area (Å²) in [7, 11) is 3.56. The van der Waals surface area contributed by atoms with Gasteiger partial charge in [-0.3, -0.25) is 9.78 Å². The number of ether oxygens (including phenoxy) is 3. The molecule has 10 heteroatoms. The van der Waals surface area contributed by atoms with Crippen molar-refractivity contribution in [2.24, 2.45) is 13.0 Å². The van der Waals surface area contributed by atoms with Crippen molar-refractivity contribution in [2.75, 3.05) is 7.05 Å². The van der Waals surface area contributed by atoms with Crippen molar-refractivity contribution in [2.45, 2.75) is 90.1 Å². The predicted molar refractivity (Wildman–Crippen MR) is 132 cm³/mol. The van der Waals surface area contributed by atoms with Gasteiger partial charge in [0.25, 0.3) is 0 Å². The highest BCUT2D eigenvalue weighted by Crippen LogP contribution is 2.30. The van der Waals surface area contributed by atoms with Crippen LogP contribution in [0.4, 0.5) is 4.79 Å². The summed E-state index contributed by atoms with van der Waals surface area (Å²) in [6, 6.07) is 3.91. The van der Waals surface area contributed by atoms with Crippen molar-refractivity contribution in [1.82, 2.24) is 24.9 Å². The molecule has 196 valence electrons. The standard InChI is InChI=1S/C26H37N5O5/c1-17(2)35-25(32)18-8-7-11-20(14-18)36-21-12-13-22(27-15-21)24-23(31(4)29-28-24)16-34-26(33)30(3)19-9-5-6-10-19/h12-13,15,17-20H,5-11,14,16H2,1-4H3/t18?,20-/m0/s1. The lowest BCUT2D eigenvalue weighted by molar-refractivity contribution is -0.154. The van der Waals surface area contributed by atoms with Crippen LogP contribution >= 0.6 is 0 Å². The largest absolute Gasteiger partial charge is 0.489 e. The van der Waals surface area contributed by atoms with Gasteiger partial charge in [0, 0.05) is 20.1 Å². The van der Waals surface area contributed by atoms with Gasteiger partial charge in [0.15, 0.2) is 0 Å². The Morgan fingerprint density at radius 1 is 1.14 bits per heavy atom. The van der Waals surface area contributed by atoms with Crippen LogP contribution in [-0.2, 0) is 27.9 Å². The molecule has 0 aromatic carbocycles. The molecule has 0 spiro atoms. The second-order valence-electron chi connectivity index (χ2n) is 10.1. The maximum absolute atomic E-state index is 12.5. The molecule has 36 heavy (non-hydrogen) atoms. The molecule has 2 aliphatic carbocycles.